The van der Waals surface area contributed by atoms with E-state index < -0.39 is 0 Å². The fourth-order valence-electron chi connectivity index (χ4n) is 1.29. The Morgan fingerprint density at radius 1 is 1.47 bits per heavy atom. The van der Waals surface area contributed by atoms with Crippen LogP contribution in [-0.2, 0) is 4.79 Å². The number of thioether (sulfide) groups is 1. The van der Waals surface area contributed by atoms with Gasteiger partial charge in [0.05, 0.1) is 5.75 Å². The monoisotopic (exact) mass is 222 g/mol. The van der Waals surface area contributed by atoms with Gasteiger partial charge in [-0.1, -0.05) is 18.2 Å². The summed E-state index contributed by atoms with van der Waals surface area (Å²) < 4.78 is 0. The van der Waals surface area contributed by atoms with Crippen LogP contribution >= 0.6 is 11.8 Å². The molecule has 3 N–H and O–H groups in total. The predicted octanol–water partition coefficient (Wildman–Crippen LogP) is 0.994. The molecule has 1 saturated carbocycles. The smallest absolute Gasteiger partial charge is 0.230 e. The Morgan fingerprint density at radius 3 is 2.73 bits per heavy atom. The summed E-state index contributed by atoms with van der Waals surface area (Å²) in [6.45, 7) is 0. The van der Waals surface area contributed by atoms with Gasteiger partial charge in [-0.05, 0) is 18.6 Å². The zero-order valence-corrected chi connectivity index (χ0v) is 9.17. The van der Waals surface area contributed by atoms with Crippen molar-refractivity contribution in [3.8, 4) is 0 Å². The van der Waals surface area contributed by atoms with Crippen LogP contribution in [0, 0.1) is 0 Å². The number of amides is 1. The molecular weight excluding hydrogens is 208 g/mol. The van der Waals surface area contributed by atoms with E-state index in [-0.39, 0.29) is 18.0 Å². The van der Waals surface area contributed by atoms with Gasteiger partial charge in [-0.25, -0.2) is 0 Å². The Bertz CT molecular complexity index is 342. The number of benzene rings is 1. The molecule has 0 heterocycles. The molecule has 2 rings (SSSR count). The van der Waals surface area contributed by atoms with Gasteiger partial charge < -0.3 is 11.1 Å². The van der Waals surface area contributed by atoms with E-state index in [1.165, 1.54) is 0 Å². The van der Waals surface area contributed by atoms with E-state index in [0.29, 0.717) is 5.75 Å². The van der Waals surface area contributed by atoms with Gasteiger partial charge in [0, 0.05) is 17.0 Å². The van der Waals surface area contributed by atoms with Crippen molar-refractivity contribution >= 4 is 17.7 Å². The van der Waals surface area contributed by atoms with Gasteiger partial charge >= 0.3 is 0 Å². The first kappa shape index (κ1) is 10.5. The van der Waals surface area contributed by atoms with Crippen molar-refractivity contribution in [2.75, 3.05) is 5.75 Å². The molecule has 0 saturated heterocycles. The summed E-state index contributed by atoms with van der Waals surface area (Å²) in [7, 11) is 0. The molecular formula is C11H14N2OS. The highest BCUT2D eigenvalue weighted by Gasteiger charge is 2.34. The van der Waals surface area contributed by atoms with Crippen LogP contribution in [0.1, 0.15) is 6.42 Å². The predicted molar refractivity (Wildman–Crippen MR) is 61.7 cm³/mol. The van der Waals surface area contributed by atoms with Crippen LogP contribution in [0.2, 0.25) is 0 Å². The molecule has 1 amide bonds. The second kappa shape index (κ2) is 4.68. The Kier molecular flexibility index (Phi) is 3.28. The van der Waals surface area contributed by atoms with Gasteiger partial charge in [-0.3, -0.25) is 4.79 Å². The van der Waals surface area contributed by atoms with E-state index in [4.69, 9.17) is 5.73 Å². The van der Waals surface area contributed by atoms with E-state index in [0.717, 1.165) is 11.3 Å². The van der Waals surface area contributed by atoms with Crippen LogP contribution in [0.3, 0.4) is 0 Å². The molecule has 4 heteroatoms. The SMILES string of the molecule is NC1CC1NC(=O)CSc1ccccc1. The standard InChI is InChI=1S/C11H14N2OS/c12-9-6-10(9)13-11(14)7-15-8-4-2-1-3-5-8/h1-5,9-10H,6-7,12H2,(H,13,14). The van der Waals surface area contributed by atoms with Crippen LogP contribution in [0.15, 0.2) is 35.2 Å². The van der Waals surface area contributed by atoms with Gasteiger partial charge in [0.1, 0.15) is 0 Å². The van der Waals surface area contributed by atoms with E-state index in [9.17, 15) is 4.79 Å². The lowest BCUT2D eigenvalue weighted by Crippen LogP contribution is -2.30. The Morgan fingerprint density at radius 2 is 2.13 bits per heavy atom. The molecule has 2 unspecified atom stereocenters. The van der Waals surface area contributed by atoms with Gasteiger partial charge in [0.2, 0.25) is 5.91 Å². The molecule has 0 radical (unpaired) electrons. The maximum absolute atomic E-state index is 11.4. The van der Waals surface area contributed by atoms with Gasteiger partial charge in [0.15, 0.2) is 0 Å². The van der Waals surface area contributed by atoms with E-state index in [1.54, 1.807) is 11.8 Å². The summed E-state index contributed by atoms with van der Waals surface area (Å²) in [5.74, 6) is 0.537. The molecule has 1 aliphatic carbocycles. The van der Waals surface area contributed by atoms with Crippen LogP contribution in [0.4, 0.5) is 0 Å². The maximum Gasteiger partial charge on any atom is 0.230 e. The third-order valence-electron chi connectivity index (χ3n) is 2.30. The number of carbonyl (C=O) groups is 1. The van der Waals surface area contributed by atoms with Crippen LogP contribution in [0.5, 0.6) is 0 Å². The number of hydrogen-bond donors (Lipinski definition) is 2. The molecule has 80 valence electrons. The van der Waals surface area contributed by atoms with Crippen molar-refractivity contribution in [2.24, 2.45) is 5.73 Å². The highest BCUT2D eigenvalue weighted by molar-refractivity contribution is 8.00. The molecule has 0 spiro atoms. The summed E-state index contributed by atoms with van der Waals surface area (Å²) in [6.07, 6.45) is 0.918. The fourth-order valence-corrected chi connectivity index (χ4v) is 2.03. The third-order valence-corrected chi connectivity index (χ3v) is 3.31. The van der Waals surface area contributed by atoms with Gasteiger partial charge in [0.25, 0.3) is 0 Å². The first-order valence-electron chi connectivity index (χ1n) is 4.98. The zero-order chi connectivity index (χ0) is 10.7. The molecule has 1 aromatic rings. The minimum absolute atomic E-state index is 0.0711. The van der Waals surface area contributed by atoms with E-state index >= 15 is 0 Å². The number of carbonyl (C=O) groups excluding carboxylic acids is 1. The number of hydrogen-bond acceptors (Lipinski definition) is 3. The average molecular weight is 222 g/mol. The first-order chi connectivity index (χ1) is 7.25. The lowest BCUT2D eigenvalue weighted by atomic mass is 10.4. The first-order valence-corrected chi connectivity index (χ1v) is 5.97. The molecule has 0 bridgehead atoms. The summed E-state index contributed by atoms with van der Waals surface area (Å²) in [5.41, 5.74) is 5.60. The largest absolute Gasteiger partial charge is 0.351 e. The highest BCUT2D eigenvalue weighted by atomic mass is 32.2. The van der Waals surface area contributed by atoms with Crippen molar-refractivity contribution in [3.05, 3.63) is 30.3 Å². The second-order valence-corrected chi connectivity index (χ2v) is 4.72. The van der Waals surface area contributed by atoms with Gasteiger partial charge in [-0.15, -0.1) is 11.8 Å². The number of nitrogens with two attached hydrogens (primary N) is 1. The average Bonchev–Trinajstić information content (AvgIpc) is 2.93. The summed E-state index contributed by atoms with van der Waals surface area (Å²) in [4.78, 5) is 12.5. The van der Waals surface area contributed by atoms with E-state index in [1.807, 2.05) is 30.3 Å². The van der Waals surface area contributed by atoms with Crippen molar-refractivity contribution in [1.29, 1.82) is 0 Å². The molecule has 1 aromatic carbocycles. The van der Waals surface area contributed by atoms with Gasteiger partial charge in [-0.2, -0.15) is 0 Å². The van der Waals surface area contributed by atoms with Crippen molar-refractivity contribution in [2.45, 2.75) is 23.4 Å². The van der Waals surface area contributed by atoms with Crippen LogP contribution in [-0.4, -0.2) is 23.7 Å². The Labute approximate surface area is 93.4 Å². The third kappa shape index (κ3) is 3.25. The van der Waals surface area contributed by atoms with Crippen molar-refractivity contribution in [1.82, 2.24) is 5.32 Å². The fraction of sp³-hybridized carbons (Fsp3) is 0.364. The molecule has 0 aliphatic heterocycles. The highest BCUT2D eigenvalue weighted by Crippen LogP contribution is 2.19. The topological polar surface area (TPSA) is 55.1 Å². The zero-order valence-electron chi connectivity index (χ0n) is 8.35. The molecule has 0 aromatic heterocycles. The minimum Gasteiger partial charge on any atom is -0.351 e. The Hall–Kier alpha value is -1.00. The second-order valence-electron chi connectivity index (χ2n) is 3.68. The summed E-state index contributed by atoms with van der Waals surface area (Å²) in [5, 5.41) is 2.89. The summed E-state index contributed by atoms with van der Waals surface area (Å²) >= 11 is 1.55. The molecule has 1 fully saturated rings. The molecule has 3 nitrogen and oxygen atoms in total. The molecule has 1 aliphatic rings. The van der Waals surface area contributed by atoms with Crippen molar-refractivity contribution in [3.63, 3.8) is 0 Å². The maximum atomic E-state index is 11.4. The summed E-state index contributed by atoms with van der Waals surface area (Å²) in [6, 6.07) is 10.3. The molecule has 2 atom stereocenters. The number of rotatable bonds is 4. The lowest BCUT2D eigenvalue weighted by molar-refractivity contribution is -0.118. The lowest BCUT2D eigenvalue weighted by Gasteiger charge is -2.03. The molecule has 15 heavy (non-hydrogen) atoms. The van der Waals surface area contributed by atoms with Crippen molar-refractivity contribution < 1.29 is 4.79 Å². The minimum atomic E-state index is 0.0711. The van der Waals surface area contributed by atoms with Crippen LogP contribution in [0.25, 0.3) is 0 Å². The quantitative estimate of drug-likeness (QED) is 0.747. The normalized spacial score (nSPS) is 23.5. The van der Waals surface area contributed by atoms with E-state index in [2.05, 4.69) is 5.32 Å². The number of nitrogens with one attached hydrogen (secondary N) is 1. The Balaban J connectivity index is 1.71. The van der Waals surface area contributed by atoms with Crippen LogP contribution < -0.4 is 11.1 Å².